The highest BCUT2D eigenvalue weighted by atomic mass is 35.5. The normalized spacial score (nSPS) is 20.0. The Balaban J connectivity index is 1.60. The second kappa shape index (κ2) is 9.76. The minimum Gasteiger partial charge on any atom is -0.379 e. The van der Waals surface area contributed by atoms with E-state index in [1.165, 1.54) is 10.6 Å². The summed E-state index contributed by atoms with van der Waals surface area (Å²) in [5, 5.41) is 7.60. The van der Waals surface area contributed by atoms with Crippen LogP contribution in [0.1, 0.15) is 18.0 Å². The van der Waals surface area contributed by atoms with Gasteiger partial charge in [-0.15, -0.1) is 4.40 Å². The van der Waals surface area contributed by atoms with E-state index < -0.39 is 10.2 Å². The summed E-state index contributed by atoms with van der Waals surface area (Å²) in [6.07, 6.45) is 1.84. The lowest BCUT2D eigenvalue weighted by atomic mass is 10.0. The summed E-state index contributed by atoms with van der Waals surface area (Å²) >= 11 is 12.5. The number of hydrazone groups is 1. The number of hydrogen-bond acceptors (Lipinski definition) is 5. The Hall–Kier alpha value is -2.17. The Labute approximate surface area is 197 Å². The van der Waals surface area contributed by atoms with Crippen LogP contribution >= 0.6 is 23.2 Å². The van der Waals surface area contributed by atoms with Crippen LogP contribution in [0.2, 0.25) is 10.0 Å². The molecule has 2 aliphatic heterocycles. The lowest BCUT2D eigenvalue weighted by Crippen LogP contribution is -2.40. The molecule has 0 radical (unpaired) electrons. The van der Waals surface area contributed by atoms with Gasteiger partial charge in [0, 0.05) is 31.6 Å². The molecule has 1 atom stereocenters. The fourth-order valence-electron chi connectivity index (χ4n) is 3.57. The van der Waals surface area contributed by atoms with E-state index in [1.54, 1.807) is 24.1 Å². The van der Waals surface area contributed by atoms with Crippen LogP contribution in [0.25, 0.3) is 0 Å². The molecule has 1 unspecified atom stereocenters. The van der Waals surface area contributed by atoms with Gasteiger partial charge < -0.3 is 9.64 Å². The van der Waals surface area contributed by atoms with Crippen LogP contribution in [0.15, 0.2) is 58.0 Å². The molecule has 0 N–H and O–H groups in total. The number of nitrogens with zero attached hydrogens (tertiary/aromatic N) is 5. The van der Waals surface area contributed by atoms with Gasteiger partial charge in [0.25, 0.3) is 0 Å². The van der Waals surface area contributed by atoms with Crippen molar-refractivity contribution in [1.82, 2.24) is 9.21 Å². The molecule has 0 bridgehead atoms. The maximum atomic E-state index is 12.5. The average Bonchev–Trinajstić information content (AvgIpc) is 3.24. The monoisotopic (exact) mass is 495 g/mol. The summed E-state index contributed by atoms with van der Waals surface area (Å²) in [5.74, 6) is 0.658. The van der Waals surface area contributed by atoms with Crippen molar-refractivity contribution in [3.8, 4) is 0 Å². The molecule has 11 heteroatoms. The van der Waals surface area contributed by atoms with Crippen LogP contribution in [0, 0.1) is 0 Å². The van der Waals surface area contributed by atoms with Gasteiger partial charge in [-0.2, -0.15) is 17.8 Å². The zero-order chi connectivity index (χ0) is 22.7. The molecule has 0 aliphatic carbocycles. The summed E-state index contributed by atoms with van der Waals surface area (Å²) in [7, 11) is -2.05. The Bertz CT molecular complexity index is 1120. The fourth-order valence-corrected chi connectivity index (χ4v) is 5.07. The minimum atomic E-state index is -3.77. The van der Waals surface area contributed by atoms with Crippen molar-refractivity contribution in [1.29, 1.82) is 0 Å². The molecular weight excluding hydrogens is 473 g/mol. The first kappa shape index (κ1) is 23.0. The lowest BCUT2D eigenvalue weighted by molar-refractivity contribution is 0.0731. The Morgan fingerprint density at radius 2 is 1.88 bits per heavy atom. The summed E-state index contributed by atoms with van der Waals surface area (Å²) in [6.45, 7) is 1.33. The van der Waals surface area contributed by atoms with Gasteiger partial charge in [-0.1, -0.05) is 53.5 Å². The molecule has 2 aromatic carbocycles. The third-order valence-electron chi connectivity index (χ3n) is 5.29. The second-order valence-corrected chi connectivity index (χ2v) is 9.87. The molecule has 2 aliphatic rings. The van der Waals surface area contributed by atoms with Crippen molar-refractivity contribution in [3.05, 3.63) is 64.1 Å². The SMILES string of the molecule is CN(/C=N/S(=O)(=O)N1CCOCC1)C1=NN(c2ccc(Cl)cc2Cl)C(c2ccccc2)C1. The van der Waals surface area contributed by atoms with Gasteiger partial charge in [0.05, 0.1) is 30.0 Å². The highest BCUT2D eigenvalue weighted by Gasteiger charge is 2.32. The third-order valence-corrected chi connectivity index (χ3v) is 7.21. The number of halogens is 2. The molecule has 1 saturated heterocycles. The third kappa shape index (κ3) is 5.07. The zero-order valence-electron chi connectivity index (χ0n) is 17.4. The first-order valence-corrected chi connectivity index (χ1v) is 12.2. The minimum absolute atomic E-state index is 0.114. The van der Waals surface area contributed by atoms with Gasteiger partial charge in [0.2, 0.25) is 0 Å². The average molecular weight is 496 g/mol. The molecule has 0 saturated carbocycles. The van der Waals surface area contributed by atoms with Crippen molar-refractivity contribution < 1.29 is 13.2 Å². The summed E-state index contributed by atoms with van der Waals surface area (Å²) in [5.41, 5.74) is 1.77. The van der Waals surface area contributed by atoms with Gasteiger partial charge in [0.1, 0.15) is 12.2 Å². The molecule has 170 valence electrons. The fraction of sp³-hybridized carbons (Fsp3) is 0.333. The van der Waals surface area contributed by atoms with Crippen molar-refractivity contribution in [2.75, 3.05) is 38.4 Å². The number of morpholine rings is 1. The Morgan fingerprint density at radius 3 is 2.56 bits per heavy atom. The quantitative estimate of drug-likeness (QED) is 0.465. The highest BCUT2D eigenvalue weighted by Crippen LogP contribution is 2.39. The molecule has 8 nitrogen and oxygen atoms in total. The van der Waals surface area contributed by atoms with Crippen LogP contribution in [-0.2, 0) is 14.9 Å². The molecule has 0 aromatic heterocycles. The Kier molecular flexibility index (Phi) is 7.02. The summed E-state index contributed by atoms with van der Waals surface area (Å²) in [6, 6.07) is 15.1. The van der Waals surface area contributed by atoms with Crippen molar-refractivity contribution in [2.24, 2.45) is 9.50 Å². The molecule has 32 heavy (non-hydrogen) atoms. The maximum absolute atomic E-state index is 12.5. The van der Waals surface area contributed by atoms with E-state index in [2.05, 4.69) is 4.40 Å². The second-order valence-electron chi connectivity index (χ2n) is 7.41. The molecule has 0 amide bonds. The number of amidine groups is 1. The van der Waals surface area contributed by atoms with Crippen LogP contribution in [0.5, 0.6) is 0 Å². The van der Waals surface area contributed by atoms with Crippen molar-refractivity contribution in [3.63, 3.8) is 0 Å². The van der Waals surface area contributed by atoms with E-state index in [4.69, 9.17) is 33.0 Å². The first-order chi connectivity index (χ1) is 15.3. The molecule has 2 aromatic rings. The molecule has 4 rings (SSSR count). The number of rotatable bonds is 5. The highest BCUT2D eigenvalue weighted by molar-refractivity contribution is 7.87. The van der Waals surface area contributed by atoms with E-state index in [1.807, 2.05) is 41.4 Å². The van der Waals surface area contributed by atoms with E-state index in [-0.39, 0.29) is 6.04 Å². The van der Waals surface area contributed by atoms with Gasteiger partial charge in [-0.25, -0.2) is 0 Å². The number of hydrogen-bond donors (Lipinski definition) is 0. The van der Waals surface area contributed by atoms with E-state index >= 15 is 0 Å². The summed E-state index contributed by atoms with van der Waals surface area (Å²) in [4.78, 5) is 1.62. The first-order valence-electron chi connectivity index (χ1n) is 10.1. The largest absolute Gasteiger partial charge is 0.379 e. The predicted molar refractivity (Wildman–Crippen MR) is 128 cm³/mol. The van der Waals surface area contributed by atoms with Crippen LogP contribution in [0.3, 0.4) is 0 Å². The topological polar surface area (TPSA) is 77.8 Å². The van der Waals surface area contributed by atoms with Crippen molar-refractivity contribution in [2.45, 2.75) is 12.5 Å². The standard InChI is InChI=1S/C21H23Cl2N5O3S/c1-26(15-24-32(29,30)27-9-11-31-12-10-27)21-14-20(16-5-3-2-4-6-16)28(25-21)19-8-7-17(22)13-18(19)23/h2-8,13,15,20H,9-12,14H2,1H3/b24-15+. The zero-order valence-corrected chi connectivity index (χ0v) is 19.8. The van der Waals surface area contributed by atoms with Gasteiger partial charge in [-0.05, 0) is 23.8 Å². The lowest BCUT2D eigenvalue weighted by Gasteiger charge is -2.24. The maximum Gasteiger partial charge on any atom is 0.323 e. The number of anilines is 1. The molecule has 1 fully saturated rings. The molecule has 2 heterocycles. The van der Waals surface area contributed by atoms with Crippen LogP contribution in [-0.4, -0.2) is 63.1 Å². The number of benzene rings is 2. The summed E-state index contributed by atoms with van der Waals surface area (Å²) < 4.78 is 35.4. The van der Waals surface area contributed by atoms with Gasteiger partial charge in [0.15, 0.2) is 0 Å². The van der Waals surface area contributed by atoms with E-state index in [0.717, 1.165) is 5.56 Å². The predicted octanol–water partition coefficient (Wildman–Crippen LogP) is 3.80. The van der Waals surface area contributed by atoms with Gasteiger partial charge >= 0.3 is 10.2 Å². The number of ether oxygens (including phenoxy) is 1. The van der Waals surface area contributed by atoms with Crippen LogP contribution < -0.4 is 5.01 Å². The van der Waals surface area contributed by atoms with Gasteiger partial charge in [-0.3, -0.25) is 5.01 Å². The van der Waals surface area contributed by atoms with E-state index in [9.17, 15) is 8.42 Å². The van der Waals surface area contributed by atoms with Crippen molar-refractivity contribution >= 4 is 51.3 Å². The van der Waals surface area contributed by atoms with E-state index in [0.29, 0.717) is 54.3 Å². The van der Waals surface area contributed by atoms with Crippen LogP contribution in [0.4, 0.5) is 5.69 Å². The smallest absolute Gasteiger partial charge is 0.323 e. The molecule has 0 spiro atoms. The Morgan fingerprint density at radius 1 is 1.16 bits per heavy atom. The molecular formula is C21H23Cl2N5O3S.